The summed E-state index contributed by atoms with van der Waals surface area (Å²) in [5, 5.41) is 0. The first-order valence-electron chi connectivity index (χ1n) is 6.41. The van der Waals surface area contributed by atoms with Crippen molar-refractivity contribution in [1.29, 1.82) is 0 Å². The van der Waals surface area contributed by atoms with Gasteiger partial charge in [0.05, 0.1) is 0 Å². The number of carbonyl (C=O) groups is 1. The summed E-state index contributed by atoms with van der Waals surface area (Å²) < 4.78 is 12.4. The van der Waals surface area contributed by atoms with Gasteiger partial charge in [0.25, 0.3) is 5.91 Å². The Morgan fingerprint density at radius 3 is 2.19 bits per heavy atom. The van der Waals surface area contributed by atoms with E-state index in [1.54, 1.807) is 42.5 Å². The van der Waals surface area contributed by atoms with Crippen LogP contribution in [0.2, 0.25) is 0 Å². The molecule has 0 saturated heterocycles. The van der Waals surface area contributed by atoms with Gasteiger partial charge in [0.1, 0.15) is 0 Å². The van der Waals surface area contributed by atoms with Crippen LogP contribution in [0.25, 0.3) is 0 Å². The van der Waals surface area contributed by atoms with Crippen LogP contribution >= 0.6 is 15.9 Å². The maximum absolute atomic E-state index is 12.3. The van der Waals surface area contributed by atoms with Crippen molar-refractivity contribution in [3.05, 3.63) is 64.1 Å². The molecule has 0 bridgehead atoms. The Balaban J connectivity index is 2.08. The van der Waals surface area contributed by atoms with Crippen LogP contribution in [0.15, 0.2) is 57.9 Å². The van der Waals surface area contributed by atoms with Crippen molar-refractivity contribution >= 4 is 32.6 Å². The van der Waals surface area contributed by atoms with Gasteiger partial charge in [-0.1, -0.05) is 28.1 Å². The Kier molecular flexibility index (Phi) is 5.31. The van der Waals surface area contributed by atoms with Gasteiger partial charge in [0.15, 0.2) is 0 Å². The summed E-state index contributed by atoms with van der Waals surface area (Å²) >= 11 is 3.39. The highest BCUT2D eigenvalue weighted by Crippen LogP contribution is 2.14. The summed E-state index contributed by atoms with van der Waals surface area (Å²) in [5.41, 5.74) is 1.67. The van der Waals surface area contributed by atoms with Crippen molar-refractivity contribution in [1.82, 2.24) is 4.90 Å². The van der Waals surface area contributed by atoms with E-state index in [0.29, 0.717) is 12.1 Å². The number of carbonyl (C=O) groups excluding carboxylic acids is 1. The van der Waals surface area contributed by atoms with E-state index in [1.807, 2.05) is 24.3 Å². The molecule has 0 spiro atoms. The fourth-order valence-electron chi connectivity index (χ4n) is 1.95. The molecule has 110 valence electrons. The van der Waals surface area contributed by atoms with Gasteiger partial charge in [-0.05, 0) is 42.0 Å². The molecular formula is C16H16BrNO2S. The Hall–Kier alpha value is -1.46. The van der Waals surface area contributed by atoms with Crippen LogP contribution < -0.4 is 0 Å². The van der Waals surface area contributed by atoms with Crippen molar-refractivity contribution in [2.45, 2.75) is 11.4 Å². The number of rotatable bonds is 4. The highest BCUT2D eigenvalue weighted by Gasteiger charge is 2.12. The van der Waals surface area contributed by atoms with Crippen molar-refractivity contribution < 1.29 is 9.00 Å². The first kappa shape index (κ1) is 15.9. The lowest BCUT2D eigenvalue weighted by Gasteiger charge is -2.17. The highest BCUT2D eigenvalue weighted by atomic mass is 79.9. The molecule has 0 saturated carbocycles. The first-order chi connectivity index (χ1) is 9.97. The monoisotopic (exact) mass is 365 g/mol. The Bertz CT molecular complexity index is 653. The number of halogens is 1. The first-order valence-corrected chi connectivity index (χ1v) is 8.76. The number of hydrogen-bond acceptors (Lipinski definition) is 2. The molecule has 0 aliphatic rings. The van der Waals surface area contributed by atoms with E-state index in [-0.39, 0.29) is 5.91 Å². The molecule has 0 fully saturated rings. The third kappa shape index (κ3) is 4.25. The molecule has 2 aromatic rings. The van der Waals surface area contributed by atoms with Crippen LogP contribution in [0.5, 0.6) is 0 Å². The molecule has 0 aromatic heterocycles. The number of amides is 1. The van der Waals surface area contributed by atoms with E-state index in [0.717, 1.165) is 14.9 Å². The lowest BCUT2D eigenvalue weighted by Crippen LogP contribution is -2.26. The average Bonchev–Trinajstić information content (AvgIpc) is 2.49. The number of benzene rings is 2. The van der Waals surface area contributed by atoms with E-state index >= 15 is 0 Å². The Morgan fingerprint density at radius 2 is 1.67 bits per heavy atom. The van der Waals surface area contributed by atoms with Crippen molar-refractivity contribution in [2.24, 2.45) is 0 Å². The molecule has 1 unspecified atom stereocenters. The minimum Gasteiger partial charge on any atom is -0.337 e. The zero-order valence-corrected chi connectivity index (χ0v) is 14.3. The quantitative estimate of drug-likeness (QED) is 0.831. The van der Waals surface area contributed by atoms with Crippen molar-refractivity contribution in [2.75, 3.05) is 13.3 Å². The molecule has 2 rings (SSSR count). The Morgan fingerprint density at radius 1 is 1.10 bits per heavy atom. The topological polar surface area (TPSA) is 37.4 Å². The largest absolute Gasteiger partial charge is 0.337 e. The average molecular weight is 366 g/mol. The van der Waals surface area contributed by atoms with Crippen LogP contribution in [0, 0.1) is 0 Å². The predicted octanol–water partition coefficient (Wildman–Crippen LogP) is 3.46. The fraction of sp³-hybridized carbons (Fsp3) is 0.188. The number of nitrogens with zero attached hydrogens (tertiary/aromatic N) is 1. The minimum atomic E-state index is -1.02. The second kappa shape index (κ2) is 7.00. The van der Waals surface area contributed by atoms with Crippen molar-refractivity contribution in [3.63, 3.8) is 0 Å². The molecule has 21 heavy (non-hydrogen) atoms. The van der Waals surface area contributed by atoms with E-state index in [2.05, 4.69) is 15.9 Å². The van der Waals surface area contributed by atoms with Gasteiger partial charge in [-0.15, -0.1) is 0 Å². The molecule has 2 aromatic carbocycles. The third-order valence-corrected chi connectivity index (χ3v) is 4.58. The molecule has 0 aliphatic heterocycles. The van der Waals surface area contributed by atoms with E-state index in [9.17, 15) is 9.00 Å². The van der Waals surface area contributed by atoms with Crippen LogP contribution in [-0.4, -0.2) is 28.3 Å². The minimum absolute atomic E-state index is 0.0497. The second-order valence-electron chi connectivity index (χ2n) is 4.77. The second-order valence-corrected chi connectivity index (χ2v) is 7.06. The molecule has 0 aliphatic carbocycles. The van der Waals surface area contributed by atoms with E-state index < -0.39 is 10.8 Å². The van der Waals surface area contributed by atoms with Crippen molar-refractivity contribution in [3.8, 4) is 0 Å². The van der Waals surface area contributed by atoms with Gasteiger partial charge in [0.2, 0.25) is 0 Å². The summed E-state index contributed by atoms with van der Waals surface area (Å²) in [5.74, 6) is -0.0497. The van der Waals surface area contributed by atoms with Gasteiger partial charge < -0.3 is 4.90 Å². The zero-order valence-electron chi connectivity index (χ0n) is 11.9. The molecular weight excluding hydrogens is 350 g/mol. The summed E-state index contributed by atoms with van der Waals surface area (Å²) in [6.45, 7) is 0.549. The number of hydrogen-bond donors (Lipinski definition) is 0. The lowest BCUT2D eigenvalue weighted by atomic mass is 10.1. The van der Waals surface area contributed by atoms with Crippen LogP contribution in [-0.2, 0) is 17.3 Å². The molecule has 1 amide bonds. The summed E-state index contributed by atoms with van der Waals surface area (Å²) in [4.78, 5) is 14.7. The van der Waals surface area contributed by atoms with Gasteiger partial charge in [0, 0.05) is 45.6 Å². The standard InChI is InChI=1S/C16H16BrNO2S/c1-18(11-12-3-7-14(17)8-4-12)16(19)13-5-9-15(10-6-13)21(2)20/h3-10H,11H2,1-2H3. The van der Waals surface area contributed by atoms with Gasteiger partial charge >= 0.3 is 0 Å². The zero-order chi connectivity index (χ0) is 15.4. The van der Waals surface area contributed by atoms with Gasteiger partial charge in [-0.3, -0.25) is 9.00 Å². The normalized spacial score (nSPS) is 12.0. The lowest BCUT2D eigenvalue weighted by molar-refractivity contribution is 0.0785. The molecule has 0 heterocycles. The molecule has 3 nitrogen and oxygen atoms in total. The summed E-state index contributed by atoms with van der Waals surface area (Å²) in [6, 6.07) is 14.8. The Labute approximate surface area is 135 Å². The molecule has 5 heteroatoms. The molecule has 0 radical (unpaired) electrons. The fourth-order valence-corrected chi connectivity index (χ4v) is 2.73. The van der Waals surface area contributed by atoms with Crippen LogP contribution in [0.3, 0.4) is 0 Å². The third-order valence-electron chi connectivity index (χ3n) is 3.11. The predicted molar refractivity (Wildman–Crippen MR) is 88.7 cm³/mol. The maximum atomic E-state index is 12.3. The van der Waals surface area contributed by atoms with Crippen LogP contribution in [0.1, 0.15) is 15.9 Å². The summed E-state index contributed by atoms with van der Waals surface area (Å²) in [7, 11) is 0.750. The van der Waals surface area contributed by atoms with E-state index in [1.165, 1.54) is 0 Å². The maximum Gasteiger partial charge on any atom is 0.253 e. The summed E-state index contributed by atoms with van der Waals surface area (Å²) in [6.07, 6.45) is 1.62. The smallest absolute Gasteiger partial charge is 0.253 e. The molecule has 0 N–H and O–H groups in total. The van der Waals surface area contributed by atoms with Gasteiger partial charge in [-0.25, -0.2) is 0 Å². The molecule has 1 atom stereocenters. The van der Waals surface area contributed by atoms with Crippen LogP contribution in [0.4, 0.5) is 0 Å². The highest BCUT2D eigenvalue weighted by molar-refractivity contribution is 9.10. The van der Waals surface area contributed by atoms with Gasteiger partial charge in [-0.2, -0.15) is 0 Å². The SMILES string of the molecule is CN(Cc1ccc(Br)cc1)C(=O)c1ccc(S(C)=O)cc1. The van der Waals surface area contributed by atoms with E-state index in [4.69, 9.17) is 0 Å².